The first-order valence-corrected chi connectivity index (χ1v) is 14.4. The van der Waals surface area contributed by atoms with Crippen LogP contribution in [0.25, 0.3) is 0 Å². The van der Waals surface area contributed by atoms with Gasteiger partial charge in [-0.15, -0.1) is 15.3 Å². The molecule has 0 aromatic carbocycles. The minimum Gasteiger partial charge on any atom is -0.394 e. The second kappa shape index (κ2) is 19.1. The summed E-state index contributed by atoms with van der Waals surface area (Å²) in [5.74, 6) is 0.889. The molecular formula is C24H39N15O6. The van der Waals surface area contributed by atoms with Gasteiger partial charge in [0.15, 0.2) is 0 Å². The van der Waals surface area contributed by atoms with E-state index in [2.05, 4.69) is 61.8 Å². The third-order valence-electron chi connectivity index (χ3n) is 5.78. The van der Waals surface area contributed by atoms with Crippen LogP contribution in [-0.2, 0) is 53.5 Å². The average molecular weight is 634 g/mol. The molecule has 4 aromatic heterocycles. The van der Waals surface area contributed by atoms with Crippen LogP contribution >= 0.6 is 0 Å². The molecule has 6 N–H and O–H groups in total. The number of nitrogens with one attached hydrogen (secondary N) is 3. The van der Waals surface area contributed by atoms with Gasteiger partial charge in [-0.05, 0) is 0 Å². The summed E-state index contributed by atoms with van der Waals surface area (Å²) >= 11 is 0. The number of hydrogen-bond acceptors (Lipinski definition) is 18. The van der Waals surface area contributed by atoms with Crippen molar-refractivity contribution in [1.82, 2.24) is 59.9 Å². The maximum absolute atomic E-state index is 8.83. The highest BCUT2D eigenvalue weighted by Gasteiger charge is 2.11. The molecule has 4 aromatic rings. The van der Waals surface area contributed by atoms with Crippen LogP contribution in [0.2, 0.25) is 0 Å². The van der Waals surface area contributed by atoms with Gasteiger partial charge in [0.2, 0.25) is 17.8 Å². The quantitative estimate of drug-likeness (QED) is 0.0436. The van der Waals surface area contributed by atoms with E-state index in [-0.39, 0.29) is 39.6 Å². The molecule has 0 bridgehead atoms. The van der Waals surface area contributed by atoms with Crippen molar-refractivity contribution in [3.8, 4) is 0 Å². The maximum Gasteiger partial charge on any atom is 0.229 e. The molecule has 0 atom stereocenters. The highest BCUT2D eigenvalue weighted by molar-refractivity contribution is 5.42. The Kier molecular flexibility index (Phi) is 14.2. The lowest BCUT2D eigenvalue weighted by Crippen LogP contribution is -2.13. The molecule has 45 heavy (non-hydrogen) atoms. The number of aliphatic hydroxyl groups excluding tert-OH is 3. The fourth-order valence-electron chi connectivity index (χ4n) is 3.68. The monoisotopic (exact) mass is 633 g/mol. The van der Waals surface area contributed by atoms with Gasteiger partial charge in [0.1, 0.15) is 17.1 Å². The van der Waals surface area contributed by atoms with Crippen molar-refractivity contribution in [1.29, 1.82) is 0 Å². The van der Waals surface area contributed by atoms with E-state index in [9.17, 15) is 0 Å². The van der Waals surface area contributed by atoms with Gasteiger partial charge < -0.3 is 45.5 Å². The zero-order chi connectivity index (χ0) is 31.5. The minimum absolute atomic E-state index is 0.0322. The molecule has 0 aliphatic rings. The summed E-state index contributed by atoms with van der Waals surface area (Å²) in [4.78, 5) is 13.4. The van der Waals surface area contributed by atoms with Crippen molar-refractivity contribution in [2.45, 2.75) is 39.3 Å². The molecule has 0 spiro atoms. The van der Waals surface area contributed by atoms with Crippen molar-refractivity contribution < 1.29 is 29.5 Å². The zero-order valence-corrected chi connectivity index (χ0v) is 24.8. The summed E-state index contributed by atoms with van der Waals surface area (Å²) in [6, 6.07) is 0. The summed E-state index contributed by atoms with van der Waals surface area (Å²) in [6.07, 6.45) is 5.35. The second-order valence-electron chi connectivity index (χ2n) is 9.29. The molecule has 0 aliphatic heterocycles. The van der Waals surface area contributed by atoms with E-state index in [1.165, 1.54) is 0 Å². The SMILES string of the molecule is OCCOCCn1cc(CNc2nc(NCc3cn(CCOCCO)nn3)nc(NCc3cn(CCOCCO)nn3)n2)nn1. The van der Waals surface area contributed by atoms with E-state index in [0.717, 1.165) is 0 Å². The minimum atomic E-state index is -0.0322. The highest BCUT2D eigenvalue weighted by Crippen LogP contribution is 2.12. The van der Waals surface area contributed by atoms with Crippen LogP contribution < -0.4 is 16.0 Å². The second-order valence-corrected chi connectivity index (χ2v) is 9.29. The number of aliphatic hydroxyl groups is 3. The molecule has 21 heteroatoms. The summed E-state index contributed by atoms with van der Waals surface area (Å²) < 4.78 is 20.8. The highest BCUT2D eigenvalue weighted by atomic mass is 16.5. The van der Waals surface area contributed by atoms with E-state index >= 15 is 0 Å². The van der Waals surface area contributed by atoms with E-state index in [0.29, 0.717) is 94.0 Å². The zero-order valence-electron chi connectivity index (χ0n) is 24.8. The number of hydrogen-bond donors (Lipinski definition) is 6. The molecule has 0 radical (unpaired) electrons. The average Bonchev–Trinajstić information content (AvgIpc) is 3.82. The van der Waals surface area contributed by atoms with Crippen molar-refractivity contribution >= 4 is 17.8 Å². The normalized spacial score (nSPS) is 11.3. The molecule has 0 saturated carbocycles. The molecule has 0 amide bonds. The molecule has 0 saturated heterocycles. The lowest BCUT2D eigenvalue weighted by molar-refractivity contribution is 0.0851. The Hall–Kier alpha value is -4.41. The predicted molar refractivity (Wildman–Crippen MR) is 156 cm³/mol. The Labute approximate surface area is 257 Å². The van der Waals surface area contributed by atoms with E-state index in [1.807, 2.05) is 0 Å². The van der Waals surface area contributed by atoms with Crippen molar-refractivity contribution in [2.24, 2.45) is 0 Å². The summed E-state index contributed by atoms with van der Waals surface area (Å²) in [7, 11) is 0. The van der Waals surface area contributed by atoms with Crippen LogP contribution in [0.4, 0.5) is 17.8 Å². The van der Waals surface area contributed by atoms with Crippen LogP contribution in [0.5, 0.6) is 0 Å². The van der Waals surface area contributed by atoms with Crippen LogP contribution in [0.1, 0.15) is 17.1 Å². The Bertz CT molecular complexity index is 1210. The molecule has 0 unspecified atom stereocenters. The lowest BCUT2D eigenvalue weighted by atomic mass is 10.4. The number of nitrogens with zero attached hydrogens (tertiary/aromatic N) is 12. The number of rotatable bonds is 24. The molecule has 4 rings (SSSR count). The number of anilines is 3. The molecule has 0 aliphatic carbocycles. The molecule has 4 heterocycles. The summed E-state index contributed by atoms with van der Waals surface area (Å²) in [5.41, 5.74) is 2.00. The number of ether oxygens (including phenoxy) is 3. The topological polar surface area (TPSA) is 255 Å². The van der Waals surface area contributed by atoms with Crippen LogP contribution in [-0.4, -0.2) is 135 Å². The Morgan fingerprint density at radius 1 is 0.489 bits per heavy atom. The van der Waals surface area contributed by atoms with Gasteiger partial charge in [0.05, 0.1) is 117 Å². The van der Waals surface area contributed by atoms with Crippen LogP contribution in [0, 0.1) is 0 Å². The van der Waals surface area contributed by atoms with Crippen molar-refractivity contribution in [3.05, 3.63) is 35.7 Å². The van der Waals surface area contributed by atoms with Crippen LogP contribution in [0.3, 0.4) is 0 Å². The van der Waals surface area contributed by atoms with Gasteiger partial charge in [-0.1, -0.05) is 15.6 Å². The Morgan fingerprint density at radius 2 is 0.800 bits per heavy atom. The fourth-order valence-corrected chi connectivity index (χ4v) is 3.68. The fraction of sp³-hybridized carbons (Fsp3) is 0.625. The van der Waals surface area contributed by atoms with Gasteiger partial charge in [-0.25, -0.2) is 14.0 Å². The van der Waals surface area contributed by atoms with E-state index < -0.39 is 0 Å². The van der Waals surface area contributed by atoms with Gasteiger partial charge in [0, 0.05) is 0 Å². The van der Waals surface area contributed by atoms with Gasteiger partial charge in [-0.2, -0.15) is 15.0 Å². The lowest BCUT2D eigenvalue weighted by Gasteiger charge is -2.10. The van der Waals surface area contributed by atoms with Crippen molar-refractivity contribution in [2.75, 3.05) is 75.4 Å². The van der Waals surface area contributed by atoms with Gasteiger partial charge in [-0.3, -0.25) is 0 Å². The molecule has 21 nitrogen and oxygen atoms in total. The number of aromatic nitrogens is 12. The first-order chi connectivity index (χ1) is 22.1. The summed E-state index contributed by atoms with van der Waals surface area (Å²) in [6.45, 7) is 4.36. The third-order valence-corrected chi connectivity index (χ3v) is 5.78. The first kappa shape index (κ1) is 33.5. The standard InChI is InChI=1S/C24H39N15O6/c40-4-10-43-7-1-37-16-19(31-34-37)13-25-22-28-23(26-14-20-17-38(35-32-20)2-8-44-11-5-41)30-24(29-22)27-15-21-18-39(36-33-21)3-9-45-12-6-42/h16-18,40-42H,1-15H2,(H3,25,26,27,28,29,30). The van der Waals surface area contributed by atoms with E-state index in [1.54, 1.807) is 32.6 Å². The molecule has 246 valence electrons. The van der Waals surface area contributed by atoms with Crippen LogP contribution in [0.15, 0.2) is 18.6 Å². The maximum atomic E-state index is 8.83. The van der Waals surface area contributed by atoms with Gasteiger partial charge >= 0.3 is 0 Å². The van der Waals surface area contributed by atoms with E-state index in [4.69, 9.17) is 29.5 Å². The smallest absolute Gasteiger partial charge is 0.229 e. The molecular weight excluding hydrogens is 594 g/mol. The Morgan fingerprint density at radius 3 is 1.09 bits per heavy atom. The third kappa shape index (κ3) is 12.2. The predicted octanol–water partition coefficient (Wildman–Crippen LogP) is -2.49. The molecule has 0 fully saturated rings. The summed E-state index contributed by atoms with van der Waals surface area (Å²) in [5, 5.41) is 60.7. The largest absolute Gasteiger partial charge is 0.394 e. The first-order valence-electron chi connectivity index (χ1n) is 14.4. The van der Waals surface area contributed by atoms with Gasteiger partial charge in [0.25, 0.3) is 0 Å². The Balaban J connectivity index is 1.36. The van der Waals surface area contributed by atoms with Crippen molar-refractivity contribution in [3.63, 3.8) is 0 Å².